The van der Waals surface area contributed by atoms with E-state index in [-0.39, 0.29) is 0 Å². The van der Waals surface area contributed by atoms with E-state index < -0.39 is 0 Å². The maximum Gasteiger partial charge on any atom is 0.0642 e. The summed E-state index contributed by atoms with van der Waals surface area (Å²) < 4.78 is 8.14. The zero-order chi connectivity index (χ0) is 14.4. The zero-order valence-electron chi connectivity index (χ0n) is 11.9. The summed E-state index contributed by atoms with van der Waals surface area (Å²) in [6, 6.07) is 10.7. The number of hydrogen-bond acceptors (Lipinski definition) is 3. The Hall–Kier alpha value is -1.29. The predicted molar refractivity (Wildman–Crippen MR) is 92.1 cm³/mol. The smallest absolute Gasteiger partial charge is 0.0642 e. The van der Waals surface area contributed by atoms with Crippen LogP contribution in [0.25, 0.3) is 20.2 Å². The number of anilines is 1. The van der Waals surface area contributed by atoms with Gasteiger partial charge in [0.05, 0.1) is 23.6 Å². The van der Waals surface area contributed by atoms with Crippen molar-refractivity contribution < 1.29 is 4.74 Å². The van der Waals surface area contributed by atoms with E-state index in [1.807, 2.05) is 17.4 Å². The predicted octanol–water partition coefficient (Wildman–Crippen LogP) is 4.85. The van der Waals surface area contributed by atoms with Gasteiger partial charge in [-0.05, 0) is 42.8 Å². The highest BCUT2D eigenvalue weighted by atomic mass is 35.5. The van der Waals surface area contributed by atoms with E-state index in [9.17, 15) is 0 Å². The maximum absolute atomic E-state index is 6.18. The Morgan fingerprint density at radius 1 is 1.10 bits per heavy atom. The third-order valence-electron chi connectivity index (χ3n) is 4.01. The summed E-state index contributed by atoms with van der Waals surface area (Å²) in [4.78, 5) is 2.44. The minimum atomic E-state index is 0.802. The molecule has 2 nitrogen and oxygen atoms in total. The van der Waals surface area contributed by atoms with Crippen LogP contribution in [0.1, 0.15) is 5.56 Å². The standard InChI is InChI=1S/C17H16ClNOS/c1-11-8-14-13-10-12(18)2-3-16(13)21-17(14)15(9-11)19-4-6-20-7-5-19/h2-3,8-10H,4-7H2,1H3. The van der Waals surface area contributed by atoms with Gasteiger partial charge < -0.3 is 9.64 Å². The molecule has 0 aliphatic carbocycles. The molecule has 108 valence electrons. The number of aryl methyl sites for hydroxylation is 1. The lowest BCUT2D eigenvalue weighted by atomic mass is 10.1. The van der Waals surface area contributed by atoms with Crippen LogP contribution in [-0.4, -0.2) is 26.3 Å². The van der Waals surface area contributed by atoms with E-state index >= 15 is 0 Å². The fourth-order valence-corrected chi connectivity index (χ4v) is 4.39. The van der Waals surface area contributed by atoms with Crippen molar-refractivity contribution >= 4 is 48.8 Å². The quantitative estimate of drug-likeness (QED) is 0.636. The number of morpholine rings is 1. The lowest BCUT2D eigenvalue weighted by molar-refractivity contribution is 0.123. The Balaban J connectivity index is 1.99. The lowest BCUT2D eigenvalue weighted by Gasteiger charge is -2.29. The number of ether oxygens (including phenoxy) is 1. The molecule has 0 bridgehead atoms. The highest BCUT2D eigenvalue weighted by Crippen LogP contribution is 2.41. The van der Waals surface area contributed by atoms with Crippen molar-refractivity contribution in [2.45, 2.75) is 6.92 Å². The van der Waals surface area contributed by atoms with E-state index in [1.54, 1.807) is 0 Å². The van der Waals surface area contributed by atoms with Crippen molar-refractivity contribution in [3.05, 3.63) is 40.9 Å². The molecular formula is C17H16ClNOS. The molecule has 0 spiro atoms. The molecule has 0 atom stereocenters. The van der Waals surface area contributed by atoms with Gasteiger partial charge in [-0.25, -0.2) is 0 Å². The molecule has 1 saturated heterocycles. The summed E-state index contributed by atoms with van der Waals surface area (Å²) in [5, 5.41) is 3.39. The van der Waals surface area contributed by atoms with Crippen LogP contribution in [0.5, 0.6) is 0 Å². The summed E-state index contributed by atoms with van der Waals surface area (Å²) in [6.07, 6.45) is 0. The van der Waals surface area contributed by atoms with E-state index in [2.05, 4.69) is 36.1 Å². The van der Waals surface area contributed by atoms with Gasteiger partial charge in [0.1, 0.15) is 0 Å². The summed E-state index contributed by atoms with van der Waals surface area (Å²) in [5.41, 5.74) is 2.63. The second kappa shape index (κ2) is 5.16. The molecule has 0 radical (unpaired) electrons. The van der Waals surface area contributed by atoms with E-state index in [1.165, 1.54) is 31.4 Å². The molecule has 0 N–H and O–H groups in total. The average Bonchev–Trinajstić information content (AvgIpc) is 2.85. The van der Waals surface area contributed by atoms with E-state index in [4.69, 9.17) is 16.3 Å². The third-order valence-corrected chi connectivity index (χ3v) is 5.45. The van der Waals surface area contributed by atoms with Crippen LogP contribution >= 0.6 is 22.9 Å². The minimum Gasteiger partial charge on any atom is -0.378 e. The highest BCUT2D eigenvalue weighted by molar-refractivity contribution is 7.26. The fraction of sp³-hybridized carbons (Fsp3) is 0.294. The largest absolute Gasteiger partial charge is 0.378 e. The molecule has 0 saturated carbocycles. The van der Waals surface area contributed by atoms with Gasteiger partial charge in [0, 0.05) is 33.6 Å². The Kier molecular flexibility index (Phi) is 3.29. The van der Waals surface area contributed by atoms with Crippen LogP contribution in [0.4, 0.5) is 5.69 Å². The number of halogens is 1. The molecule has 4 rings (SSSR count). The van der Waals surface area contributed by atoms with Crippen LogP contribution in [0.2, 0.25) is 5.02 Å². The van der Waals surface area contributed by atoms with Crippen molar-refractivity contribution in [3.8, 4) is 0 Å². The average molecular weight is 318 g/mol. The van der Waals surface area contributed by atoms with Crippen LogP contribution in [0.3, 0.4) is 0 Å². The van der Waals surface area contributed by atoms with Gasteiger partial charge in [-0.3, -0.25) is 0 Å². The van der Waals surface area contributed by atoms with Gasteiger partial charge in [0.15, 0.2) is 0 Å². The fourth-order valence-electron chi connectivity index (χ4n) is 3.01. The molecule has 0 unspecified atom stereocenters. The van der Waals surface area contributed by atoms with Gasteiger partial charge in [-0.1, -0.05) is 11.6 Å². The number of fused-ring (bicyclic) bond motifs is 3. The summed E-state index contributed by atoms with van der Waals surface area (Å²) in [6.45, 7) is 5.72. The Morgan fingerprint density at radius 3 is 2.71 bits per heavy atom. The summed E-state index contributed by atoms with van der Waals surface area (Å²) in [7, 11) is 0. The Bertz CT molecular complexity index is 820. The van der Waals surface area contributed by atoms with Gasteiger partial charge in [-0.2, -0.15) is 0 Å². The van der Waals surface area contributed by atoms with Crippen LogP contribution in [0, 0.1) is 6.92 Å². The maximum atomic E-state index is 6.18. The number of benzene rings is 2. The van der Waals surface area contributed by atoms with Gasteiger partial charge in [0.2, 0.25) is 0 Å². The van der Waals surface area contributed by atoms with Crippen molar-refractivity contribution in [3.63, 3.8) is 0 Å². The second-order valence-electron chi connectivity index (χ2n) is 5.50. The number of hydrogen-bond donors (Lipinski definition) is 0. The van der Waals surface area contributed by atoms with Gasteiger partial charge in [-0.15, -0.1) is 11.3 Å². The highest BCUT2D eigenvalue weighted by Gasteiger charge is 2.17. The van der Waals surface area contributed by atoms with Gasteiger partial charge >= 0.3 is 0 Å². The molecule has 1 aromatic heterocycles. The van der Waals surface area contributed by atoms with Crippen LogP contribution in [-0.2, 0) is 4.74 Å². The molecule has 2 aromatic carbocycles. The molecule has 1 fully saturated rings. The minimum absolute atomic E-state index is 0.802. The Morgan fingerprint density at radius 2 is 1.90 bits per heavy atom. The number of thiophene rings is 1. The van der Waals surface area contributed by atoms with Crippen LogP contribution in [0.15, 0.2) is 30.3 Å². The van der Waals surface area contributed by atoms with Crippen molar-refractivity contribution in [2.24, 2.45) is 0 Å². The molecule has 0 amide bonds. The molecular weight excluding hydrogens is 302 g/mol. The Labute approximate surface area is 132 Å². The van der Waals surface area contributed by atoms with E-state index in [0.29, 0.717) is 0 Å². The summed E-state index contributed by atoms with van der Waals surface area (Å²) >= 11 is 8.04. The molecule has 2 heterocycles. The molecule has 4 heteroatoms. The van der Waals surface area contributed by atoms with E-state index in [0.717, 1.165) is 31.3 Å². The third kappa shape index (κ3) is 2.30. The zero-order valence-corrected chi connectivity index (χ0v) is 13.4. The van der Waals surface area contributed by atoms with Gasteiger partial charge in [0.25, 0.3) is 0 Å². The first-order chi connectivity index (χ1) is 10.2. The first-order valence-electron chi connectivity index (χ1n) is 7.17. The number of nitrogens with zero attached hydrogens (tertiary/aromatic N) is 1. The van der Waals surface area contributed by atoms with Crippen LogP contribution < -0.4 is 4.90 Å². The topological polar surface area (TPSA) is 12.5 Å². The van der Waals surface area contributed by atoms with Crippen molar-refractivity contribution in [2.75, 3.05) is 31.2 Å². The molecule has 21 heavy (non-hydrogen) atoms. The first kappa shape index (κ1) is 13.4. The second-order valence-corrected chi connectivity index (χ2v) is 6.99. The SMILES string of the molecule is Cc1cc(N2CCOCC2)c2sc3ccc(Cl)cc3c2c1. The molecule has 3 aromatic rings. The number of rotatable bonds is 1. The molecule has 1 aliphatic rings. The van der Waals surface area contributed by atoms with Crippen molar-refractivity contribution in [1.29, 1.82) is 0 Å². The molecule has 1 aliphatic heterocycles. The summed E-state index contributed by atoms with van der Waals surface area (Å²) in [5.74, 6) is 0. The van der Waals surface area contributed by atoms with Crippen molar-refractivity contribution in [1.82, 2.24) is 0 Å². The first-order valence-corrected chi connectivity index (χ1v) is 8.37. The lowest BCUT2D eigenvalue weighted by Crippen LogP contribution is -2.36. The monoisotopic (exact) mass is 317 g/mol. The normalized spacial score (nSPS) is 16.0.